The fraction of sp³-hybridized carbons (Fsp3) is 0.167. The highest BCUT2D eigenvalue weighted by Gasteiger charge is 2.26. The van der Waals surface area contributed by atoms with Crippen molar-refractivity contribution < 1.29 is 8.42 Å². The second-order valence-electron chi connectivity index (χ2n) is 7.60. The number of sulfonamides is 1. The van der Waals surface area contributed by atoms with Crippen LogP contribution in [0.1, 0.15) is 17.7 Å². The van der Waals surface area contributed by atoms with Crippen molar-refractivity contribution in [1.82, 2.24) is 14.7 Å². The van der Waals surface area contributed by atoms with Crippen molar-refractivity contribution >= 4 is 20.8 Å². The number of nitrogens with zero attached hydrogens (tertiary/aromatic N) is 2. The summed E-state index contributed by atoms with van der Waals surface area (Å²) >= 11 is 0. The van der Waals surface area contributed by atoms with Crippen LogP contribution in [0.25, 0.3) is 22.2 Å². The number of benzene rings is 3. The van der Waals surface area contributed by atoms with E-state index in [4.69, 9.17) is 4.98 Å². The average molecular weight is 416 g/mol. The molecule has 6 heteroatoms. The molecule has 0 bridgehead atoms. The molecule has 3 aromatic carbocycles. The van der Waals surface area contributed by atoms with Crippen molar-refractivity contribution in [2.75, 3.05) is 0 Å². The highest BCUT2D eigenvalue weighted by Crippen LogP contribution is 2.25. The number of aromatic nitrogens is 2. The lowest BCUT2D eigenvalue weighted by molar-refractivity contribution is 0.502. The summed E-state index contributed by atoms with van der Waals surface area (Å²) in [5.74, 6) is 0.713. The van der Waals surface area contributed by atoms with E-state index in [2.05, 4.69) is 9.71 Å². The lowest BCUT2D eigenvalue weighted by Gasteiger charge is -2.24. The van der Waals surface area contributed by atoms with Crippen LogP contribution < -0.4 is 4.72 Å². The molecule has 0 saturated heterocycles. The molecule has 5 rings (SSSR count). The SMILES string of the molecule is O=S(=O)(N[C@H]1CCc2nc(-c3ccccc3)ncc2C1)c1ccc2ccccc2c1. The molecule has 0 radical (unpaired) electrons. The molecule has 4 aromatic rings. The van der Waals surface area contributed by atoms with E-state index in [1.54, 1.807) is 12.1 Å². The third kappa shape index (κ3) is 3.72. The van der Waals surface area contributed by atoms with E-state index in [1.165, 1.54) is 0 Å². The first-order valence-corrected chi connectivity index (χ1v) is 11.5. The number of nitrogens with one attached hydrogen (secondary N) is 1. The van der Waals surface area contributed by atoms with Crippen LogP contribution in [0, 0.1) is 0 Å². The van der Waals surface area contributed by atoms with Gasteiger partial charge in [-0.3, -0.25) is 0 Å². The minimum atomic E-state index is -3.60. The van der Waals surface area contributed by atoms with Crippen LogP contribution in [0.2, 0.25) is 0 Å². The molecule has 0 unspecified atom stereocenters. The van der Waals surface area contributed by atoms with Crippen LogP contribution in [0.4, 0.5) is 0 Å². The molecule has 1 N–H and O–H groups in total. The van der Waals surface area contributed by atoms with Gasteiger partial charge in [0, 0.05) is 23.5 Å². The molecule has 0 amide bonds. The molecule has 0 aliphatic heterocycles. The Morgan fingerprint density at radius 2 is 1.67 bits per heavy atom. The third-order valence-corrected chi connectivity index (χ3v) is 7.05. The second kappa shape index (κ2) is 7.63. The van der Waals surface area contributed by atoms with Crippen LogP contribution in [0.5, 0.6) is 0 Å². The summed E-state index contributed by atoms with van der Waals surface area (Å²) in [6, 6.07) is 22.7. The molecular formula is C24H21N3O2S. The van der Waals surface area contributed by atoms with Crippen molar-refractivity contribution in [3.8, 4) is 11.4 Å². The normalized spacial score (nSPS) is 16.3. The standard InChI is InChI=1S/C24H21N3O2S/c28-30(29,22-12-10-17-6-4-5-9-19(17)15-22)27-21-11-13-23-20(14-21)16-25-24(26-23)18-7-2-1-3-8-18/h1-10,12,15-16,21,27H,11,13-14H2/t21-/m0/s1. The molecule has 0 spiro atoms. The smallest absolute Gasteiger partial charge is 0.236 e. The maximum atomic E-state index is 13.0. The van der Waals surface area contributed by atoms with Crippen molar-refractivity contribution in [1.29, 1.82) is 0 Å². The summed E-state index contributed by atoms with van der Waals surface area (Å²) in [6.45, 7) is 0. The van der Waals surface area contributed by atoms with Gasteiger partial charge in [-0.05, 0) is 47.7 Å². The van der Waals surface area contributed by atoms with Crippen LogP contribution >= 0.6 is 0 Å². The quantitative estimate of drug-likeness (QED) is 0.544. The highest BCUT2D eigenvalue weighted by atomic mass is 32.2. The monoisotopic (exact) mass is 415 g/mol. The van der Waals surface area contributed by atoms with Gasteiger partial charge in [0.25, 0.3) is 0 Å². The Balaban J connectivity index is 1.35. The molecule has 5 nitrogen and oxygen atoms in total. The lowest BCUT2D eigenvalue weighted by atomic mass is 9.93. The zero-order valence-electron chi connectivity index (χ0n) is 16.3. The molecular weight excluding hydrogens is 394 g/mol. The van der Waals surface area contributed by atoms with Gasteiger partial charge in [-0.1, -0.05) is 60.7 Å². The molecule has 1 aliphatic carbocycles. The number of hydrogen-bond acceptors (Lipinski definition) is 4. The average Bonchev–Trinajstić information content (AvgIpc) is 2.79. The molecule has 0 fully saturated rings. The third-order valence-electron chi connectivity index (χ3n) is 5.54. The molecule has 30 heavy (non-hydrogen) atoms. The predicted octanol–water partition coefficient (Wildman–Crippen LogP) is 4.13. The summed E-state index contributed by atoms with van der Waals surface area (Å²) in [4.78, 5) is 9.51. The molecule has 1 aliphatic rings. The minimum Gasteiger partial charge on any atom is -0.236 e. The van der Waals surface area contributed by atoms with Crippen LogP contribution in [-0.2, 0) is 22.9 Å². The first kappa shape index (κ1) is 18.9. The number of hydrogen-bond donors (Lipinski definition) is 1. The molecule has 1 heterocycles. The summed E-state index contributed by atoms with van der Waals surface area (Å²) in [7, 11) is -3.60. The Morgan fingerprint density at radius 1 is 0.900 bits per heavy atom. The van der Waals surface area contributed by atoms with Crippen molar-refractivity contribution in [2.24, 2.45) is 0 Å². The predicted molar refractivity (Wildman–Crippen MR) is 118 cm³/mol. The Labute approximate surface area is 175 Å². The number of aryl methyl sites for hydroxylation is 1. The Bertz CT molecular complexity index is 1320. The molecule has 150 valence electrons. The Hall–Kier alpha value is -3.09. The molecule has 1 atom stereocenters. The number of fused-ring (bicyclic) bond motifs is 2. The summed E-state index contributed by atoms with van der Waals surface area (Å²) in [5, 5.41) is 1.94. The zero-order chi connectivity index (χ0) is 20.6. The van der Waals surface area contributed by atoms with Crippen molar-refractivity contribution in [2.45, 2.75) is 30.2 Å². The summed E-state index contributed by atoms with van der Waals surface area (Å²) in [6.07, 6.45) is 3.87. The van der Waals surface area contributed by atoms with Gasteiger partial charge in [-0.15, -0.1) is 0 Å². The van der Waals surface area contributed by atoms with Gasteiger partial charge < -0.3 is 0 Å². The maximum Gasteiger partial charge on any atom is 0.240 e. The van der Waals surface area contributed by atoms with E-state index >= 15 is 0 Å². The van der Waals surface area contributed by atoms with Crippen LogP contribution in [0.3, 0.4) is 0 Å². The van der Waals surface area contributed by atoms with Crippen LogP contribution in [0.15, 0.2) is 83.9 Å². The largest absolute Gasteiger partial charge is 0.240 e. The zero-order valence-corrected chi connectivity index (χ0v) is 17.1. The van der Waals surface area contributed by atoms with Crippen molar-refractivity contribution in [3.05, 3.63) is 90.3 Å². The number of rotatable bonds is 4. The Kier molecular flexibility index (Phi) is 4.81. The van der Waals surface area contributed by atoms with Crippen LogP contribution in [-0.4, -0.2) is 24.4 Å². The second-order valence-corrected chi connectivity index (χ2v) is 9.32. The van der Waals surface area contributed by atoms with Crippen molar-refractivity contribution in [3.63, 3.8) is 0 Å². The Morgan fingerprint density at radius 3 is 2.50 bits per heavy atom. The molecule has 0 saturated carbocycles. The van der Waals surface area contributed by atoms with E-state index in [9.17, 15) is 8.42 Å². The van der Waals surface area contributed by atoms with E-state index < -0.39 is 10.0 Å². The molecule has 1 aromatic heterocycles. The van der Waals surface area contributed by atoms with Gasteiger partial charge in [0.15, 0.2) is 5.82 Å². The van der Waals surface area contributed by atoms with E-state index in [0.29, 0.717) is 23.6 Å². The highest BCUT2D eigenvalue weighted by molar-refractivity contribution is 7.89. The van der Waals surface area contributed by atoms with Gasteiger partial charge in [0.05, 0.1) is 4.90 Å². The van der Waals surface area contributed by atoms with Gasteiger partial charge in [0.2, 0.25) is 10.0 Å². The first-order chi connectivity index (χ1) is 14.6. The van der Waals surface area contributed by atoms with E-state index in [-0.39, 0.29) is 6.04 Å². The summed E-state index contributed by atoms with van der Waals surface area (Å²) in [5.41, 5.74) is 3.00. The van der Waals surface area contributed by atoms with Gasteiger partial charge >= 0.3 is 0 Å². The van der Waals surface area contributed by atoms with Gasteiger partial charge in [-0.25, -0.2) is 23.1 Å². The maximum absolute atomic E-state index is 13.0. The van der Waals surface area contributed by atoms with Gasteiger partial charge in [-0.2, -0.15) is 0 Å². The minimum absolute atomic E-state index is 0.167. The topological polar surface area (TPSA) is 72.0 Å². The van der Waals surface area contributed by atoms with E-state index in [0.717, 1.165) is 34.0 Å². The fourth-order valence-electron chi connectivity index (χ4n) is 3.96. The fourth-order valence-corrected chi connectivity index (χ4v) is 5.26. The first-order valence-electron chi connectivity index (χ1n) is 10.00. The summed E-state index contributed by atoms with van der Waals surface area (Å²) < 4.78 is 28.8. The van der Waals surface area contributed by atoms with Gasteiger partial charge in [0.1, 0.15) is 0 Å². The lowest BCUT2D eigenvalue weighted by Crippen LogP contribution is -2.39. The van der Waals surface area contributed by atoms with E-state index in [1.807, 2.05) is 66.9 Å².